The molecule has 0 atom stereocenters. The summed E-state index contributed by atoms with van der Waals surface area (Å²) in [6, 6.07) is 3.55. The van der Waals surface area contributed by atoms with E-state index >= 15 is 0 Å². The molecule has 0 saturated heterocycles. The summed E-state index contributed by atoms with van der Waals surface area (Å²) < 4.78 is 5.30. The van der Waals surface area contributed by atoms with Crippen LogP contribution in [0.2, 0.25) is 5.15 Å². The molecule has 1 aromatic rings. The number of hydrogen-bond donors (Lipinski definition) is 0. The average molecular weight is 184 g/mol. The van der Waals surface area contributed by atoms with E-state index in [4.69, 9.17) is 16.3 Å². The number of nitrogens with zero attached hydrogens (tertiary/aromatic N) is 1. The largest absolute Gasteiger partial charge is 0.486 e. The van der Waals surface area contributed by atoms with Crippen LogP contribution in [0.5, 0.6) is 5.75 Å². The summed E-state index contributed by atoms with van der Waals surface area (Å²) in [5.41, 5.74) is 0.954. The molecule has 64 valence electrons. The molecule has 1 aromatic heterocycles. The number of rotatable bonds is 3. The summed E-state index contributed by atoms with van der Waals surface area (Å²) in [7, 11) is 0. The van der Waals surface area contributed by atoms with Crippen molar-refractivity contribution in [1.82, 2.24) is 4.98 Å². The van der Waals surface area contributed by atoms with E-state index < -0.39 is 0 Å². The number of halogens is 1. The second-order valence-electron chi connectivity index (χ2n) is 2.54. The zero-order valence-electron chi connectivity index (χ0n) is 6.88. The minimum atomic E-state index is 0.388. The third-order valence-electron chi connectivity index (χ3n) is 1.20. The highest BCUT2D eigenvalue weighted by Crippen LogP contribution is 2.20. The monoisotopic (exact) mass is 183 g/mol. The van der Waals surface area contributed by atoms with Crippen molar-refractivity contribution in [1.29, 1.82) is 0 Å². The SMILES string of the molecule is C=C(C)COc1cccnc1Cl. The molecule has 12 heavy (non-hydrogen) atoms. The maximum Gasteiger partial charge on any atom is 0.171 e. The highest BCUT2D eigenvalue weighted by molar-refractivity contribution is 6.30. The molecule has 3 heteroatoms. The molecule has 0 aliphatic rings. The fourth-order valence-electron chi connectivity index (χ4n) is 0.680. The van der Waals surface area contributed by atoms with E-state index in [0.29, 0.717) is 17.5 Å². The van der Waals surface area contributed by atoms with Gasteiger partial charge in [-0.2, -0.15) is 0 Å². The highest BCUT2D eigenvalue weighted by atomic mass is 35.5. The van der Waals surface area contributed by atoms with Crippen LogP contribution >= 0.6 is 11.6 Å². The van der Waals surface area contributed by atoms with Crippen LogP contribution in [0.3, 0.4) is 0 Å². The second-order valence-corrected chi connectivity index (χ2v) is 2.90. The van der Waals surface area contributed by atoms with Gasteiger partial charge in [-0.25, -0.2) is 4.98 Å². The predicted octanol–water partition coefficient (Wildman–Crippen LogP) is 2.69. The molecule has 0 N–H and O–H groups in total. The Bertz CT molecular complexity index is 286. The minimum absolute atomic E-state index is 0.388. The first kappa shape index (κ1) is 9.07. The van der Waals surface area contributed by atoms with E-state index in [0.717, 1.165) is 5.57 Å². The highest BCUT2D eigenvalue weighted by Gasteiger charge is 1.99. The van der Waals surface area contributed by atoms with Crippen molar-refractivity contribution in [2.75, 3.05) is 6.61 Å². The first-order valence-electron chi connectivity index (χ1n) is 3.58. The summed E-state index contributed by atoms with van der Waals surface area (Å²) in [5.74, 6) is 0.599. The van der Waals surface area contributed by atoms with Crippen LogP contribution in [-0.4, -0.2) is 11.6 Å². The molecule has 0 spiro atoms. The van der Waals surface area contributed by atoms with Crippen molar-refractivity contribution in [3.63, 3.8) is 0 Å². The van der Waals surface area contributed by atoms with Crippen LogP contribution in [0.1, 0.15) is 6.92 Å². The van der Waals surface area contributed by atoms with Crippen molar-refractivity contribution in [3.05, 3.63) is 35.6 Å². The Kier molecular flexibility index (Phi) is 3.11. The van der Waals surface area contributed by atoms with E-state index in [1.807, 2.05) is 6.92 Å². The molecule has 0 aliphatic carbocycles. The van der Waals surface area contributed by atoms with Crippen LogP contribution in [0.15, 0.2) is 30.5 Å². The topological polar surface area (TPSA) is 22.1 Å². The van der Waals surface area contributed by atoms with Crippen LogP contribution in [-0.2, 0) is 0 Å². The number of aromatic nitrogens is 1. The van der Waals surface area contributed by atoms with Gasteiger partial charge in [0.15, 0.2) is 10.9 Å². The summed E-state index contributed by atoms with van der Waals surface area (Å²) in [5, 5.41) is 0.388. The van der Waals surface area contributed by atoms with Crippen molar-refractivity contribution in [2.24, 2.45) is 0 Å². The third kappa shape index (κ3) is 2.55. The van der Waals surface area contributed by atoms with E-state index in [-0.39, 0.29) is 0 Å². The summed E-state index contributed by atoms with van der Waals surface area (Å²) >= 11 is 5.74. The number of ether oxygens (including phenoxy) is 1. The van der Waals surface area contributed by atoms with Crippen LogP contribution < -0.4 is 4.74 Å². The molecular formula is C9H10ClNO. The van der Waals surface area contributed by atoms with E-state index in [9.17, 15) is 0 Å². The second kappa shape index (κ2) is 4.12. The molecule has 0 unspecified atom stereocenters. The Labute approximate surface area is 76.8 Å². The first-order chi connectivity index (χ1) is 5.70. The predicted molar refractivity (Wildman–Crippen MR) is 49.6 cm³/mol. The number of hydrogen-bond acceptors (Lipinski definition) is 2. The molecule has 1 rings (SSSR count). The Morgan fingerprint density at radius 1 is 1.75 bits per heavy atom. The lowest BCUT2D eigenvalue weighted by atomic mass is 10.4. The zero-order chi connectivity index (χ0) is 8.97. The molecule has 0 bridgehead atoms. The van der Waals surface area contributed by atoms with Crippen LogP contribution in [0, 0.1) is 0 Å². The molecular weight excluding hydrogens is 174 g/mol. The normalized spacial score (nSPS) is 9.50. The number of pyridine rings is 1. The summed E-state index contributed by atoms with van der Waals surface area (Å²) in [6.07, 6.45) is 1.62. The molecule has 0 fully saturated rings. The fraction of sp³-hybridized carbons (Fsp3) is 0.222. The standard InChI is InChI=1S/C9H10ClNO/c1-7(2)6-12-8-4-3-5-11-9(8)10/h3-5H,1,6H2,2H3. The lowest BCUT2D eigenvalue weighted by molar-refractivity contribution is 0.351. The van der Waals surface area contributed by atoms with Gasteiger partial charge in [-0.15, -0.1) is 0 Å². The summed E-state index contributed by atoms with van der Waals surface area (Å²) in [4.78, 5) is 3.87. The van der Waals surface area contributed by atoms with Gasteiger partial charge in [-0.05, 0) is 24.6 Å². The fourth-order valence-corrected chi connectivity index (χ4v) is 0.854. The molecule has 0 amide bonds. The van der Waals surface area contributed by atoms with Crippen molar-refractivity contribution < 1.29 is 4.74 Å². The van der Waals surface area contributed by atoms with Crippen molar-refractivity contribution >= 4 is 11.6 Å². The molecule has 0 radical (unpaired) electrons. The van der Waals surface area contributed by atoms with Gasteiger partial charge in [0, 0.05) is 6.20 Å². The van der Waals surface area contributed by atoms with E-state index in [1.54, 1.807) is 18.3 Å². The Balaban J connectivity index is 2.63. The molecule has 1 heterocycles. The molecule has 0 aliphatic heterocycles. The van der Waals surface area contributed by atoms with Gasteiger partial charge in [-0.1, -0.05) is 18.2 Å². The minimum Gasteiger partial charge on any atom is -0.486 e. The quantitative estimate of drug-likeness (QED) is 0.531. The Hall–Kier alpha value is -1.02. The lowest BCUT2D eigenvalue weighted by Gasteiger charge is -2.05. The van der Waals surface area contributed by atoms with E-state index in [2.05, 4.69) is 11.6 Å². The average Bonchev–Trinajstić information content (AvgIpc) is 2.03. The van der Waals surface area contributed by atoms with Gasteiger partial charge in [0.1, 0.15) is 6.61 Å². The first-order valence-corrected chi connectivity index (χ1v) is 3.95. The summed E-state index contributed by atoms with van der Waals surface area (Å²) in [6.45, 7) is 6.08. The van der Waals surface area contributed by atoms with Gasteiger partial charge >= 0.3 is 0 Å². The zero-order valence-corrected chi connectivity index (χ0v) is 7.64. The molecule has 0 saturated carbocycles. The lowest BCUT2D eigenvalue weighted by Crippen LogP contribution is -1.98. The van der Waals surface area contributed by atoms with Gasteiger partial charge in [-0.3, -0.25) is 0 Å². The smallest absolute Gasteiger partial charge is 0.171 e. The van der Waals surface area contributed by atoms with Gasteiger partial charge < -0.3 is 4.74 Å². The maximum atomic E-state index is 5.74. The Morgan fingerprint density at radius 3 is 3.08 bits per heavy atom. The van der Waals surface area contributed by atoms with Crippen LogP contribution in [0.25, 0.3) is 0 Å². The van der Waals surface area contributed by atoms with Crippen molar-refractivity contribution in [3.8, 4) is 5.75 Å². The molecule has 2 nitrogen and oxygen atoms in total. The van der Waals surface area contributed by atoms with Crippen molar-refractivity contribution in [2.45, 2.75) is 6.92 Å². The van der Waals surface area contributed by atoms with Gasteiger partial charge in [0.25, 0.3) is 0 Å². The third-order valence-corrected chi connectivity index (χ3v) is 1.48. The van der Waals surface area contributed by atoms with Crippen LogP contribution in [0.4, 0.5) is 0 Å². The maximum absolute atomic E-state index is 5.74. The van der Waals surface area contributed by atoms with E-state index in [1.165, 1.54) is 0 Å². The van der Waals surface area contributed by atoms with Gasteiger partial charge in [0.05, 0.1) is 0 Å². The van der Waals surface area contributed by atoms with Gasteiger partial charge in [0.2, 0.25) is 0 Å². The Morgan fingerprint density at radius 2 is 2.50 bits per heavy atom. The molecule has 0 aromatic carbocycles.